The van der Waals surface area contributed by atoms with Gasteiger partial charge in [-0.1, -0.05) is 36.4 Å². The summed E-state index contributed by atoms with van der Waals surface area (Å²) in [4.78, 5) is 18.3. The van der Waals surface area contributed by atoms with E-state index in [9.17, 15) is 0 Å². The lowest BCUT2D eigenvalue weighted by molar-refractivity contribution is 0.646. The van der Waals surface area contributed by atoms with Gasteiger partial charge in [-0.05, 0) is 42.8 Å². The summed E-state index contributed by atoms with van der Waals surface area (Å²) in [6, 6.07) is 21.7. The topological polar surface area (TPSA) is 118 Å². The Morgan fingerprint density at radius 2 is 1.71 bits per heavy atom. The lowest BCUT2D eigenvalue weighted by Crippen LogP contribution is -2.46. The van der Waals surface area contributed by atoms with Crippen LogP contribution >= 0.6 is 0 Å². The van der Waals surface area contributed by atoms with Crippen molar-refractivity contribution in [1.82, 2.24) is 9.97 Å². The number of nitrogens with two attached hydrogens (primary N) is 1. The molecule has 0 saturated carbocycles. The van der Waals surface area contributed by atoms with Gasteiger partial charge in [0.15, 0.2) is 11.6 Å². The van der Waals surface area contributed by atoms with E-state index in [4.69, 9.17) is 21.4 Å². The van der Waals surface area contributed by atoms with Crippen molar-refractivity contribution in [2.75, 3.05) is 36.0 Å². The molecule has 1 aliphatic heterocycles. The smallest absolute Gasteiger partial charge is 0.160 e. The molecule has 1 saturated heterocycles. The zero-order chi connectivity index (χ0) is 24.6. The molecule has 0 bridgehead atoms. The third-order valence-electron chi connectivity index (χ3n) is 5.61. The van der Waals surface area contributed by atoms with Crippen LogP contribution in [0.25, 0.3) is 12.2 Å². The third kappa shape index (κ3) is 6.51. The van der Waals surface area contributed by atoms with Crippen molar-refractivity contribution in [2.45, 2.75) is 13.3 Å². The van der Waals surface area contributed by atoms with Crippen molar-refractivity contribution in [3.63, 3.8) is 0 Å². The maximum absolute atomic E-state index is 9.03. The molecule has 0 aliphatic carbocycles. The first-order valence-electron chi connectivity index (χ1n) is 11.5. The molecule has 0 spiro atoms. The fraction of sp³-hybridized carbons (Fsp3) is 0.222. The minimum Gasteiger partial charge on any atom is -0.387 e. The first-order chi connectivity index (χ1) is 17.0. The van der Waals surface area contributed by atoms with Crippen LogP contribution in [-0.4, -0.2) is 47.7 Å². The molecule has 2 aromatic carbocycles. The van der Waals surface area contributed by atoms with Crippen LogP contribution in [0.4, 0.5) is 17.3 Å². The van der Waals surface area contributed by atoms with Crippen LogP contribution in [0.2, 0.25) is 0 Å². The maximum Gasteiger partial charge on any atom is 0.160 e. The minimum absolute atomic E-state index is 0.303. The lowest BCUT2D eigenvalue weighted by Gasteiger charge is -2.36. The van der Waals surface area contributed by atoms with E-state index in [1.165, 1.54) is 0 Å². The standard InChI is InChI=1S/C27H28N8/c1-20(29)17-24(30)31-26-18-27(33-25(32-26)12-9-21-5-3-2-4-6-21)35-15-13-34(14-16-35)23-10-7-22(19-28)8-11-23/h2-12,18,29H,13-17H2,1H3,(H2,30,31,32,33)/b12-9+,29-20?. The molecule has 1 aromatic heterocycles. The summed E-state index contributed by atoms with van der Waals surface area (Å²) >= 11 is 0. The zero-order valence-electron chi connectivity index (χ0n) is 19.7. The fourth-order valence-electron chi connectivity index (χ4n) is 3.87. The number of nitrogens with zero attached hydrogens (tertiary/aromatic N) is 6. The first kappa shape index (κ1) is 23.6. The van der Waals surface area contributed by atoms with Gasteiger partial charge in [-0.15, -0.1) is 0 Å². The molecule has 0 amide bonds. The average molecular weight is 465 g/mol. The summed E-state index contributed by atoms with van der Waals surface area (Å²) in [7, 11) is 0. The normalized spacial score (nSPS) is 14.2. The van der Waals surface area contributed by atoms with E-state index >= 15 is 0 Å². The number of rotatable bonds is 7. The Morgan fingerprint density at radius 1 is 1.03 bits per heavy atom. The Hall–Kier alpha value is -4.51. The van der Waals surface area contributed by atoms with Gasteiger partial charge in [0.2, 0.25) is 0 Å². The predicted molar refractivity (Wildman–Crippen MR) is 142 cm³/mol. The van der Waals surface area contributed by atoms with Gasteiger partial charge < -0.3 is 20.9 Å². The second-order valence-corrected chi connectivity index (χ2v) is 8.38. The van der Waals surface area contributed by atoms with Crippen LogP contribution in [0.3, 0.4) is 0 Å². The Kier molecular flexibility index (Phi) is 7.48. The van der Waals surface area contributed by atoms with Crippen molar-refractivity contribution in [3.8, 4) is 6.07 Å². The van der Waals surface area contributed by atoms with E-state index in [0.717, 1.165) is 43.2 Å². The van der Waals surface area contributed by atoms with Crippen LogP contribution in [0.1, 0.15) is 30.3 Å². The predicted octanol–water partition coefficient (Wildman–Crippen LogP) is 4.26. The average Bonchev–Trinajstić information content (AvgIpc) is 2.87. The molecule has 8 nitrogen and oxygen atoms in total. The number of piperazine rings is 1. The number of aliphatic imine (C=N–C) groups is 1. The highest BCUT2D eigenvalue weighted by molar-refractivity contribution is 6.01. The van der Waals surface area contributed by atoms with Gasteiger partial charge in [-0.2, -0.15) is 5.26 Å². The van der Waals surface area contributed by atoms with Gasteiger partial charge >= 0.3 is 0 Å². The van der Waals surface area contributed by atoms with E-state index in [-0.39, 0.29) is 0 Å². The largest absolute Gasteiger partial charge is 0.387 e. The van der Waals surface area contributed by atoms with E-state index in [1.54, 1.807) is 6.92 Å². The molecule has 3 aromatic rings. The van der Waals surface area contributed by atoms with Crippen molar-refractivity contribution in [1.29, 1.82) is 10.7 Å². The SMILES string of the molecule is CC(=N)CC(N)=Nc1cc(N2CCN(c3ccc(C#N)cc3)CC2)nc(/C=C/c2ccccc2)n1. The van der Waals surface area contributed by atoms with Gasteiger partial charge in [0, 0.05) is 50.1 Å². The van der Waals surface area contributed by atoms with Crippen LogP contribution < -0.4 is 15.5 Å². The Morgan fingerprint density at radius 3 is 2.37 bits per heavy atom. The van der Waals surface area contributed by atoms with E-state index < -0.39 is 0 Å². The molecular weight excluding hydrogens is 436 g/mol. The van der Waals surface area contributed by atoms with Crippen molar-refractivity contribution in [2.24, 2.45) is 10.7 Å². The fourth-order valence-corrected chi connectivity index (χ4v) is 3.87. The molecule has 2 heterocycles. The monoisotopic (exact) mass is 464 g/mol. The number of nitriles is 1. The Bertz CT molecular complexity index is 1260. The number of aromatic nitrogens is 2. The molecule has 35 heavy (non-hydrogen) atoms. The van der Waals surface area contributed by atoms with Crippen molar-refractivity contribution >= 4 is 41.0 Å². The number of anilines is 2. The third-order valence-corrected chi connectivity index (χ3v) is 5.61. The second-order valence-electron chi connectivity index (χ2n) is 8.38. The molecular formula is C27H28N8. The molecule has 176 valence electrons. The quantitative estimate of drug-likeness (QED) is 0.398. The summed E-state index contributed by atoms with van der Waals surface area (Å²) < 4.78 is 0. The highest BCUT2D eigenvalue weighted by Crippen LogP contribution is 2.23. The Labute approximate surface area is 205 Å². The maximum atomic E-state index is 9.03. The second kappa shape index (κ2) is 11.1. The molecule has 1 aliphatic rings. The summed E-state index contributed by atoms with van der Waals surface area (Å²) in [6.07, 6.45) is 4.15. The van der Waals surface area contributed by atoms with Gasteiger partial charge in [0.05, 0.1) is 11.6 Å². The lowest BCUT2D eigenvalue weighted by atomic mass is 10.2. The summed E-state index contributed by atoms with van der Waals surface area (Å²) in [5.41, 5.74) is 9.32. The number of nitrogens with one attached hydrogen (secondary N) is 1. The zero-order valence-corrected chi connectivity index (χ0v) is 19.7. The van der Waals surface area contributed by atoms with Gasteiger partial charge in [-0.25, -0.2) is 15.0 Å². The molecule has 0 radical (unpaired) electrons. The van der Waals surface area contributed by atoms with Crippen molar-refractivity contribution in [3.05, 3.63) is 77.6 Å². The van der Waals surface area contributed by atoms with E-state index in [2.05, 4.69) is 25.8 Å². The minimum atomic E-state index is 0.303. The summed E-state index contributed by atoms with van der Waals surface area (Å²) in [6.45, 7) is 4.95. The molecule has 3 N–H and O–H groups in total. The Balaban J connectivity index is 1.55. The van der Waals surface area contributed by atoms with Crippen molar-refractivity contribution < 1.29 is 0 Å². The van der Waals surface area contributed by atoms with Crippen LogP contribution in [0, 0.1) is 16.7 Å². The first-order valence-corrected chi connectivity index (χ1v) is 11.5. The number of amidine groups is 1. The molecule has 4 rings (SSSR count). The molecule has 8 heteroatoms. The van der Waals surface area contributed by atoms with Gasteiger partial charge in [0.25, 0.3) is 0 Å². The highest BCUT2D eigenvalue weighted by Gasteiger charge is 2.19. The van der Waals surface area contributed by atoms with Crippen LogP contribution in [0.15, 0.2) is 65.7 Å². The summed E-state index contributed by atoms with van der Waals surface area (Å²) in [5.74, 6) is 2.19. The van der Waals surface area contributed by atoms with Crippen LogP contribution in [-0.2, 0) is 0 Å². The highest BCUT2D eigenvalue weighted by atomic mass is 15.3. The molecule has 1 fully saturated rings. The number of hydrogen-bond acceptors (Lipinski definition) is 7. The molecule has 0 atom stereocenters. The van der Waals surface area contributed by atoms with Gasteiger partial charge in [0.1, 0.15) is 11.7 Å². The van der Waals surface area contributed by atoms with Gasteiger partial charge in [-0.3, -0.25) is 0 Å². The summed E-state index contributed by atoms with van der Waals surface area (Å²) in [5, 5.41) is 16.7. The number of benzene rings is 2. The number of hydrogen-bond donors (Lipinski definition) is 2. The van der Waals surface area contributed by atoms with Crippen LogP contribution in [0.5, 0.6) is 0 Å². The van der Waals surface area contributed by atoms with E-state index in [0.29, 0.717) is 35.2 Å². The van der Waals surface area contributed by atoms with E-state index in [1.807, 2.05) is 72.8 Å². The molecule has 0 unspecified atom stereocenters.